The normalized spacial score (nSPS) is 12.0. The molecule has 3 N–H and O–H groups in total. The zero-order valence-corrected chi connectivity index (χ0v) is 18.6. The summed E-state index contributed by atoms with van der Waals surface area (Å²) in [5.41, 5.74) is 0. The van der Waals surface area contributed by atoms with Crippen LogP contribution in [0.3, 0.4) is 0 Å². The van der Waals surface area contributed by atoms with Crippen molar-refractivity contribution in [3.8, 4) is 23.1 Å². The minimum absolute atomic E-state index is 0.0442. The van der Waals surface area contributed by atoms with Crippen LogP contribution in [0.5, 0.6) is 23.1 Å². The third kappa shape index (κ3) is 5.82. The number of nitrogens with one attached hydrogen (secondary N) is 1. The molecule has 0 spiro atoms. The maximum Gasteiger partial charge on any atom is 0.248 e. The number of aliphatic hydroxyl groups is 1. The topological polar surface area (TPSA) is 111 Å². The number of nitrogens with zero attached hydrogens (tertiary/aromatic N) is 3. The molecular formula is C23H30N4O5. The molecule has 0 unspecified atom stereocenters. The van der Waals surface area contributed by atoms with Crippen LogP contribution in [-0.4, -0.2) is 43.7 Å². The van der Waals surface area contributed by atoms with Crippen LogP contribution in [0, 0.1) is 5.92 Å². The Morgan fingerprint density at radius 1 is 1.22 bits per heavy atom. The molecule has 3 rings (SSSR count). The number of amides is 1. The van der Waals surface area contributed by atoms with Gasteiger partial charge < -0.3 is 29.6 Å². The van der Waals surface area contributed by atoms with E-state index >= 15 is 0 Å². The molecule has 172 valence electrons. The predicted octanol–water partition coefficient (Wildman–Crippen LogP) is 3.80. The van der Waals surface area contributed by atoms with Crippen LogP contribution in [0.25, 0.3) is 0 Å². The number of hydrogen-bond acceptors (Lipinski definition) is 6. The van der Waals surface area contributed by atoms with Crippen molar-refractivity contribution in [2.45, 2.75) is 39.8 Å². The van der Waals surface area contributed by atoms with E-state index in [2.05, 4.69) is 10.4 Å². The molecule has 2 heterocycles. The van der Waals surface area contributed by atoms with Crippen molar-refractivity contribution in [1.82, 2.24) is 14.3 Å². The number of carbonyl (C=O) groups excluding carboxylic acids is 1. The quantitative estimate of drug-likeness (QED) is 0.417. The monoisotopic (exact) mass is 442 g/mol. The zero-order chi connectivity index (χ0) is 23.1. The molecule has 0 radical (unpaired) electrons. The Kier molecular flexibility index (Phi) is 7.77. The molecule has 32 heavy (non-hydrogen) atoms. The van der Waals surface area contributed by atoms with E-state index in [1.165, 1.54) is 10.6 Å². The molecule has 9 heteroatoms. The fraction of sp³-hybridized carbons (Fsp3) is 0.391. The lowest BCUT2D eigenvalue weighted by atomic mass is 10.0. The summed E-state index contributed by atoms with van der Waals surface area (Å²) in [6.07, 6.45) is 3.79. The van der Waals surface area contributed by atoms with Gasteiger partial charge in [-0.3, -0.25) is 9.48 Å². The van der Waals surface area contributed by atoms with Gasteiger partial charge in [-0.1, -0.05) is 26.0 Å². The van der Waals surface area contributed by atoms with Gasteiger partial charge in [-0.05, 0) is 31.4 Å². The fourth-order valence-corrected chi connectivity index (χ4v) is 3.34. The fourth-order valence-electron chi connectivity index (χ4n) is 3.34. The summed E-state index contributed by atoms with van der Waals surface area (Å²) in [5.74, 6) is 1.69. The van der Waals surface area contributed by atoms with Crippen molar-refractivity contribution in [2.75, 3.05) is 18.5 Å². The number of anilines is 1. The smallest absolute Gasteiger partial charge is 0.248 e. The van der Waals surface area contributed by atoms with Gasteiger partial charge in [-0.2, -0.15) is 5.10 Å². The van der Waals surface area contributed by atoms with E-state index in [4.69, 9.17) is 14.6 Å². The second-order valence-electron chi connectivity index (χ2n) is 7.75. The molecule has 0 aliphatic rings. The number of aliphatic hydroxyl groups excluding tert-OH is 1. The lowest BCUT2D eigenvalue weighted by Crippen LogP contribution is -2.27. The van der Waals surface area contributed by atoms with E-state index in [1.807, 2.05) is 32.9 Å². The van der Waals surface area contributed by atoms with E-state index in [-0.39, 0.29) is 24.3 Å². The second kappa shape index (κ2) is 10.7. The van der Waals surface area contributed by atoms with Crippen LogP contribution in [0.4, 0.5) is 5.82 Å². The number of aromatic hydroxyl groups is 1. The number of hydrogen-bond donors (Lipinski definition) is 3. The Balaban J connectivity index is 1.81. The van der Waals surface area contributed by atoms with Gasteiger partial charge in [0.2, 0.25) is 5.91 Å². The van der Waals surface area contributed by atoms with Gasteiger partial charge >= 0.3 is 0 Å². The molecule has 1 aromatic carbocycles. The van der Waals surface area contributed by atoms with Crippen LogP contribution < -0.4 is 14.8 Å². The summed E-state index contributed by atoms with van der Waals surface area (Å²) in [6, 6.07) is 9.73. The van der Waals surface area contributed by atoms with Gasteiger partial charge in [-0.15, -0.1) is 0 Å². The molecule has 0 saturated heterocycles. The molecular weight excluding hydrogens is 412 g/mol. The van der Waals surface area contributed by atoms with Crippen LogP contribution in [0.2, 0.25) is 0 Å². The van der Waals surface area contributed by atoms with Crippen molar-refractivity contribution < 1.29 is 24.5 Å². The van der Waals surface area contributed by atoms with Gasteiger partial charge in [0.25, 0.3) is 0 Å². The molecule has 1 atom stereocenters. The Labute approximate surface area is 187 Å². The molecule has 0 saturated carbocycles. The molecule has 0 aliphatic carbocycles. The Morgan fingerprint density at radius 3 is 2.66 bits per heavy atom. The average Bonchev–Trinajstić information content (AvgIpc) is 3.34. The number of rotatable bonds is 11. The first-order valence-corrected chi connectivity index (χ1v) is 10.7. The predicted molar refractivity (Wildman–Crippen MR) is 120 cm³/mol. The van der Waals surface area contributed by atoms with Crippen molar-refractivity contribution in [1.29, 1.82) is 0 Å². The van der Waals surface area contributed by atoms with Crippen LogP contribution in [-0.2, 0) is 11.3 Å². The number of aromatic nitrogens is 3. The maximum absolute atomic E-state index is 13.1. The lowest BCUT2D eigenvalue weighted by Gasteiger charge is -2.20. The molecule has 0 aliphatic heterocycles. The minimum atomic E-state index is -0.669. The molecule has 9 nitrogen and oxygen atoms in total. The van der Waals surface area contributed by atoms with Gasteiger partial charge in [0.05, 0.1) is 26.0 Å². The highest BCUT2D eigenvalue weighted by atomic mass is 16.5. The van der Waals surface area contributed by atoms with Gasteiger partial charge in [0.15, 0.2) is 23.2 Å². The lowest BCUT2D eigenvalue weighted by molar-refractivity contribution is -0.119. The second-order valence-corrected chi connectivity index (χ2v) is 7.75. The molecule has 3 aromatic rings. The van der Waals surface area contributed by atoms with Crippen LogP contribution in [0.1, 0.15) is 33.2 Å². The molecule has 0 fully saturated rings. The Bertz CT molecular complexity index is 1030. The van der Waals surface area contributed by atoms with Crippen LogP contribution >= 0.6 is 0 Å². The highest BCUT2D eigenvalue weighted by Crippen LogP contribution is 2.35. The summed E-state index contributed by atoms with van der Waals surface area (Å²) < 4.78 is 14.6. The van der Waals surface area contributed by atoms with Crippen molar-refractivity contribution in [3.63, 3.8) is 0 Å². The highest BCUT2D eigenvalue weighted by molar-refractivity contribution is 5.93. The van der Waals surface area contributed by atoms with Crippen LogP contribution in [0.15, 0.2) is 48.8 Å². The number of benzene rings is 1. The van der Waals surface area contributed by atoms with E-state index in [0.29, 0.717) is 42.6 Å². The Hall–Kier alpha value is -3.46. The number of para-hydroxylation sites is 2. The average molecular weight is 443 g/mol. The highest BCUT2D eigenvalue weighted by Gasteiger charge is 2.25. The third-order valence-corrected chi connectivity index (χ3v) is 4.73. The SMILES string of the molecule is CCOc1ccccc1Oc1cc(O)n([C@@H](CC(C)C)C(=O)Nc2ccn(CCO)n2)c1. The summed E-state index contributed by atoms with van der Waals surface area (Å²) in [7, 11) is 0. The van der Waals surface area contributed by atoms with Gasteiger partial charge in [-0.25, -0.2) is 0 Å². The third-order valence-electron chi connectivity index (χ3n) is 4.73. The first-order chi connectivity index (χ1) is 15.4. The molecule has 2 aromatic heterocycles. The maximum atomic E-state index is 13.1. The Morgan fingerprint density at radius 2 is 1.97 bits per heavy atom. The molecule has 0 bridgehead atoms. The summed E-state index contributed by atoms with van der Waals surface area (Å²) in [4.78, 5) is 13.1. The minimum Gasteiger partial charge on any atom is -0.494 e. The van der Waals surface area contributed by atoms with E-state index in [0.717, 1.165) is 0 Å². The standard InChI is InChI=1S/C23H30N4O5/c1-4-31-19-7-5-6-8-20(19)32-17-14-22(29)27(15-17)18(13-16(2)3)23(30)24-21-9-10-26(25-21)11-12-28/h5-10,14-16,18,28-29H,4,11-13H2,1-3H3,(H,24,25,30)/t18-/m0/s1. The number of ether oxygens (including phenoxy) is 2. The largest absolute Gasteiger partial charge is 0.494 e. The van der Waals surface area contributed by atoms with Gasteiger partial charge in [0, 0.05) is 18.3 Å². The summed E-state index contributed by atoms with van der Waals surface area (Å²) in [5, 5.41) is 26.6. The zero-order valence-electron chi connectivity index (χ0n) is 18.6. The van der Waals surface area contributed by atoms with E-state index in [9.17, 15) is 9.90 Å². The van der Waals surface area contributed by atoms with Crippen molar-refractivity contribution >= 4 is 11.7 Å². The van der Waals surface area contributed by atoms with Gasteiger partial charge in [0.1, 0.15) is 11.8 Å². The number of carbonyl (C=O) groups is 1. The van der Waals surface area contributed by atoms with Crippen molar-refractivity contribution in [3.05, 3.63) is 48.8 Å². The van der Waals surface area contributed by atoms with E-state index in [1.54, 1.807) is 35.3 Å². The summed E-state index contributed by atoms with van der Waals surface area (Å²) >= 11 is 0. The summed E-state index contributed by atoms with van der Waals surface area (Å²) in [6.45, 7) is 6.70. The first-order valence-electron chi connectivity index (χ1n) is 10.7. The first kappa shape index (κ1) is 23.2. The molecule has 1 amide bonds. The van der Waals surface area contributed by atoms with E-state index < -0.39 is 6.04 Å². The van der Waals surface area contributed by atoms with Crippen molar-refractivity contribution in [2.24, 2.45) is 5.92 Å².